The quantitative estimate of drug-likeness (QED) is 0.442. The standard InChI is InChI=1S/C26H28N4O3/c1-18-28-23-7-3-4-8-24(23)30(18)17-25(31)29-13-5-6-20(16-29)26-27-15-22(33-26)14-19-9-11-21(32-2)12-10-19/h3-4,7-12,15,20H,5-6,13-14,16-17H2,1-2H3/t20-/m1/s1. The normalized spacial score (nSPS) is 16.3. The van der Waals surface area contributed by atoms with Crippen LogP contribution in [0.1, 0.15) is 41.8 Å². The van der Waals surface area contributed by atoms with Gasteiger partial charge in [0.15, 0.2) is 5.89 Å². The van der Waals surface area contributed by atoms with Crippen LogP contribution in [0, 0.1) is 6.92 Å². The predicted octanol–water partition coefficient (Wildman–Crippen LogP) is 4.34. The van der Waals surface area contributed by atoms with Crippen LogP contribution in [0.15, 0.2) is 59.1 Å². The number of aryl methyl sites for hydroxylation is 1. The van der Waals surface area contributed by atoms with E-state index >= 15 is 0 Å². The molecule has 1 fully saturated rings. The monoisotopic (exact) mass is 444 g/mol. The Balaban J connectivity index is 1.25. The molecule has 0 bridgehead atoms. The fourth-order valence-corrected chi connectivity index (χ4v) is 4.57. The van der Waals surface area contributed by atoms with Crippen LogP contribution in [0.25, 0.3) is 11.0 Å². The first-order valence-electron chi connectivity index (χ1n) is 11.4. The average molecular weight is 445 g/mol. The van der Waals surface area contributed by atoms with Crippen LogP contribution in [-0.4, -0.2) is 45.5 Å². The second-order valence-electron chi connectivity index (χ2n) is 8.60. The summed E-state index contributed by atoms with van der Waals surface area (Å²) in [4.78, 5) is 24.2. The van der Waals surface area contributed by atoms with Crippen LogP contribution in [0.3, 0.4) is 0 Å². The van der Waals surface area contributed by atoms with E-state index in [0.29, 0.717) is 19.5 Å². The van der Waals surface area contributed by atoms with Gasteiger partial charge in [-0.25, -0.2) is 9.97 Å². The van der Waals surface area contributed by atoms with Crippen molar-refractivity contribution in [2.45, 2.75) is 38.6 Å². The maximum Gasteiger partial charge on any atom is 0.242 e. The van der Waals surface area contributed by atoms with E-state index in [9.17, 15) is 4.79 Å². The summed E-state index contributed by atoms with van der Waals surface area (Å²) in [5.74, 6) is 3.47. The first kappa shape index (κ1) is 21.2. The van der Waals surface area contributed by atoms with Crippen molar-refractivity contribution in [1.82, 2.24) is 19.4 Å². The number of rotatable bonds is 6. The summed E-state index contributed by atoms with van der Waals surface area (Å²) in [6.45, 7) is 3.64. The highest BCUT2D eigenvalue weighted by atomic mass is 16.5. The number of fused-ring (bicyclic) bond motifs is 1. The number of carbonyl (C=O) groups is 1. The van der Waals surface area contributed by atoms with E-state index in [1.807, 2.05) is 64.9 Å². The van der Waals surface area contributed by atoms with Crippen molar-refractivity contribution < 1.29 is 13.9 Å². The van der Waals surface area contributed by atoms with E-state index in [2.05, 4.69) is 9.97 Å². The second-order valence-corrected chi connectivity index (χ2v) is 8.60. The minimum absolute atomic E-state index is 0.107. The first-order valence-corrected chi connectivity index (χ1v) is 11.4. The molecule has 0 spiro atoms. The predicted molar refractivity (Wildman–Crippen MR) is 125 cm³/mol. The molecule has 3 heterocycles. The molecule has 33 heavy (non-hydrogen) atoms. The smallest absolute Gasteiger partial charge is 0.242 e. The molecular formula is C26H28N4O3. The minimum atomic E-state index is 0.107. The minimum Gasteiger partial charge on any atom is -0.497 e. The largest absolute Gasteiger partial charge is 0.497 e. The molecule has 1 aliphatic rings. The molecule has 1 aliphatic heterocycles. The van der Waals surface area contributed by atoms with Gasteiger partial charge in [0, 0.05) is 19.5 Å². The molecule has 7 heteroatoms. The van der Waals surface area contributed by atoms with E-state index < -0.39 is 0 Å². The SMILES string of the molecule is COc1ccc(Cc2cnc([C@@H]3CCCN(C(=O)Cn4c(C)nc5ccccc54)C3)o2)cc1. The number of nitrogens with zero attached hydrogens (tertiary/aromatic N) is 4. The summed E-state index contributed by atoms with van der Waals surface area (Å²) in [6.07, 6.45) is 4.40. The van der Waals surface area contributed by atoms with Crippen LogP contribution < -0.4 is 4.74 Å². The van der Waals surface area contributed by atoms with Gasteiger partial charge in [-0.2, -0.15) is 0 Å². The molecule has 1 atom stereocenters. The van der Waals surface area contributed by atoms with Gasteiger partial charge in [-0.15, -0.1) is 0 Å². The van der Waals surface area contributed by atoms with E-state index in [1.54, 1.807) is 13.3 Å². The van der Waals surface area contributed by atoms with Crippen LogP contribution in [0.4, 0.5) is 0 Å². The number of hydrogen-bond acceptors (Lipinski definition) is 5. The fourth-order valence-electron chi connectivity index (χ4n) is 4.57. The van der Waals surface area contributed by atoms with Gasteiger partial charge in [0.2, 0.25) is 5.91 Å². The highest BCUT2D eigenvalue weighted by molar-refractivity contribution is 5.81. The zero-order valence-electron chi connectivity index (χ0n) is 19.0. The molecule has 0 saturated carbocycles. The Bertz CT molecular complexity index is 1260. The Hall–Kier alpha value is -3.61. The van der Waals surface area contributed by atoms with Crippen molar-refractivity contribution in [3.8, 4) is 5.75 Å². The Morgan fingerprint density at radius 1 is 1.18 bits per heavy atom. The second kappa shape index (κ2) is 9.10. The fraction of sp³-hybridized carbons (Fsp3) is 0.346. The highest BCUT2D eigenvalue weighted by Crippen LogP contribution is 2.28. The molecule has 170 valence electrons. The van der Waals surface area contributed by atoms with Gasteiger partial charge in [-0.1, -0.05) is 24.3 Å². The van der Waals surface area contributed by atoms with Gasteiger partial charge in [-0.3, -0.25) is 4.79 Å². The summed E-state index contributed by atoms with van der Waals surface area (Å²) >= 11 is 0. The van der Waals surface area contributed by atoms with Gasteiger partial charge in [0.05, 0.1) is 30.3 Å². The number of benzene rings is 2. The lowest BCUT2D eigenvalue weighted by Gasteiger charge is -2.31. The van der Waals surface area contributed by atoms with Crippen LogP contribution >= 0.6 is 0 Å². The Kier molecular flexibility index (Phi) is 5.86. The number of amides is 1. The Morgan fingerprint density at radius 3 is 2.82 bits per heavy atom. The third kappa shape index (κ3) is 4.49. The number of aromatic nitrogens is 3. The molecule has 0 N–H and O–H groups in total. The molecule has 4 aromatic rings. The maximum absolute atomic E-state index is 13.2. The lowest BCUT2D eigenvalue weighted by atomic mass is 9.98. The number of oxazole rings is 1. The zero-order chi connectivity index (χ0) is 22.8. The molecule has 0 radical (unpaired) electrons. The summed E-state index contributed by atoms with van der Waals surface area (Å²) in [5.41, 5.74) is 3.05. The number of methoxy groups -OCH3 is 1. The van der Waals surface area contributed by atoms with Gasteiger partial charge in [0.25, 0.3) is 0 Å². The average Bonchev–Trinajstić information content (AvgIpc) is 3.44. The molecule has 5 rings (SSSR count). The third-order valence-electron chi connectivity index (χ3n) is 6.37. The van der Waals surface area contributed by atoms with Crippen molar-refractivity contribution >= 4 is 16.9 Å². The Labute approximate surface area is 193 Å². The van der Waals surface area contributed by atoms with Gasteiger partial charge in [0.1, 0.15) is 23.9 Å². The highest BCUT2D eigenvalue weighted by Gasteiger charge is 2.28. The van der Waals surface area contributed by atoms with E-state index in [0.717, 1.165) is 59.2 Å². The Morgan fingerprint density at radius 2 is 2.00 bits per heavy atom. The first-order chi connectivity index (χ1) is 16.1. The molecule has 7 nitrogen and oxygen atoms in total. The van der Waals surface area contributed by atoms with Gasteiger partial charge >= 0.3 is 0 Å². The number of carbonyl (C=O) groups excluding carboxylic acids is 1. The van der Waals surface area contributed by atoms with Crippen molar-refractivity contribution in [2.24, 2.45) is 0 Å². The number of ether oxygens (including phenoxy) is 1. The molecule has 1 amide bonds. The molecule has 1 saturated heterocycles. The van der Waals surface area contributed by atoms with Crippen molar-refractivity contribution in [3.63, 3.8) is 0 Å². The van der Waals surface area contributed by atoms with E-state index in [-0.39, 0.29) is 11.8 Å². The zero-order valence-corrected chi connectivity index (χ0v) is 19.0. The lowest BCUT2D eigenvalue weighted by molar-refractivity contribution is -0.133. The molecule has 0 unspecified atom stereocenters. The summed E-state index contributed by atoms with van der Waals surface area (Å²) < 4.78 is 13.3. The van der Waals surface area contributed by atoms with Crippen LogP contribution in [0.5, 0.6) is 5.75 Å². The van der Waals surface area contributed by atoms with E-state index in [4.69, 9.17) is 9.15 Å². The van der Waals surface area contributed by atoms with Crippen LogP contribution in [-0.2, 0) is 17.8 Å². The third-order valence-corrected chi connectivity index (χ3v) is 6.37. The number of para-hydroxylation sites is 2. The van der Waals surface area contributed by atoms with Gasteiger partial charge in [-0.05, 0) is 49.6 Å². The number of imidazole rings is 1. The molecule has 2 aromatic carbocycles. The van der Waals surface area contributed by atoms with Crippen LogP contribution in [0.2, 0.25) is 0 Å². The molecule has 0 aliphatic carbocycles. The summed E-state index contributed by atoms with van der Waals surface area (Å²) in [7, 11) is 1.66. The number of piperidine rings is 1. The lowest BCUT2D eigenvalue weighted by Crippen LogP contribution is -2.41. The summed E-state index contributed by atoms with van der Waals surface area (Å²) in [5, 5.41) is 0. The van der Waals surface area contributed by atoms with Crippen molar-refractivity contribution in [1.29, 1.82) is 0 Å². The number of hydrogen-bond donors (Lipinski definition) is 0. The summed E-state index contributed by atoms with van der Waals surface area (Å²) in [6, 6.07) is 15.9. The van der Waals surface area contributed by atoms with Crippen molar-refractivity contribution in [3.05, 3.63) is 77.8 Å². The molecular weight excluding hydrogens is 416 g/mol. The maximum atomic E-state index is 13.2. The van der Waals surface area contributed by atoms with Crippen molar-refractivity contribution in [2.75, 3.05) is 20.2 Å². The number of likely N-dealkylation sites (tertiary alicyclic amines) is 1. The van der Waals surface area contributed by atoms with E-state index in [1.165, 1.54) is 0 Å². The topological polar surface area (TPSA) is 73.4 Å². The van der Waals surface area contributed by atoms with Gasteiger partial charge < -0.3 is 18.6 Å². The molecule has 2 aromatic heterocycles.